The molecular formula is C24H25ClF3N5O3. The number of carbonyl (C=O) groups excluding carboxylic acids is 1. The molecule has 0 spiro atoms. The van der Waals surface area contributed by atoms with Crippen LogP contribution in [0.15, 0.2) is 48.9 Å². The zero-order valence-electron chi connectivity index (χ0n) is 19.9. The Morgan fingerprint density at radius 3 is 2.64 bits per heavy atom. The molecule has 1 saturated heterocycles. The number of aromatic nitrogens is 4. The van der Waals surface area contributed by atoms with Crippen LogP contribution in [0, 0.1) is 0 Å². The molecule has 1 fully saturated rings. The lowest BCUT2D eigenvalue weighted by atomic mass is 10.1. The Morgan fingerprint density at radius 2 is 1.97 bits per heavy atom. The van der Waals surface area contributed by atoms with E-state index < -0.39 is 35.6 Å². The van der Waals surface area contributed by atoms with Gasteiger partial charge in [0, 0.05) is 29.5 Å². The van der Waals surface area contributed by atoms with Crippen molar-refractivity contribution in [2.75, 3.05) is 13.1 Å². The van der Waals surface area contributed by atoms with Gasteiger partial charge in [-0.05, 0) is 56.7 Å². The van der Waals surface area contributed by atoms with Gasteiger partial charge in [0.25, 0.3) is 0 Å². The van der Waals surface area contributed by atoms with Gasteiger partial charge in [-0.1, -0.05) is 16.8 Å². The highest BCUT2D eigenvalue weighted by Gasteiger charge is 2.40. The van der Waals surface area contributed by atoms with Crippen LogP contribution in [0.2, 0.25) is 5.02 Å². The van der Waals surface area contributed by atoms with E-state index in [4.69, 9.17) is 21.1 Å². The quantitative estimate of drug-likeness (QED) is 0.446. The van der Waals surface area contributed by atoms with Crippen LogP contribution in [0.3, 0.4) is 0 Å². The summed E-state index contributed by atoms with van der Waals surface area (Å²) in [7, 11) is 0. The van der Waals surface area contributed by atoms with Gasteiger partial charge >= 0.3 is 12.3 Å². The van der Waals surface area contributed by atoms with Gasteiger partial charge in [-0.15, -0.1) is 5.10 Å². The van der Waals surface area contributed by atoms with E-state index in [1.165, 1.54) is 11.0 Å². The number of pyridine rings is 1. The summed E-state index contributed by atoms with van der Waals surface area (Å²) in [5, 5.41) is 8.38. The summed E-state index contributed by atoms with van der Waals surface area (Å²) in [4.78, 5) is 18.3. The van der Waals surface area contributed by atoms with E-state index in [2.05, 4.69) is 15.3 Å². The number of rotatable bonds is 5. The lowest BCUT2D eigenvalue weighted by Gasteiger charge is -2.24. The fraction of sp³-hybridized carbons (Fsp3) is 0.417. The Kier molecular flexibility index (Phi) is 7.24. The summed E-state index contributed by atoms with van der Waals surface area (Å²) in [6.07, 6.45) is -0.623. The van der Waals surface area contributed by atoms with Gasteiger partial charge in [-0.2, -0.15) is 13.2 Å². The van der Waals surface area contributed by atoms with Gasteiger partial charge in [0.2, 0.25) is 0 Å². The minimum atomic E-state index is -4.54. The molecule has 8 nitrogen and oxygen atoms in total. The molecule has 2 aromatic heterocycles. The highest BCUT2D eigenvalue weighted by atomic mass is 35.5. The minimum absolute atomic E-state index is 0.0424. The van der Waals surface area contributed by atoms with Crippen molar-refractivity contribution in [2.45, 2.75) is 51.3 Å². The Bertz CT molecular complexity index is 1210. The summed E-state index contributed by atoms with van der Waals surface area (Å²) in [6, 6.07) is 6.45. The first-order chi connectivity index (χ1) is 16.9. The van der Waals surface area contributed by atoms with Crippen molar-refractivity contribution in [2.24, 2.45) is 0 Å². The summed E-state index contributed by atoms with van der Waals surface area (Å²) in [5.41, 5.74) is 0.0634. The van der Waals surface area contributed by atoms with E-state index in [0.29, 0.717) is 5.69 Å². The number of amides is 1. The fourth-order valence-corrected chi connectivity index (χ4v) is 4.09. The number of hydrogen-bond donors (Lipinski definition) is 0. The molecule has 0 unspecified atom stereocenters. The number of benzene rings is 1. The predicted octanol–water partition coefficient (Wildman–Crippen LogP) is 5.39. The Balaban J connectivity index is 1.56. The largest absolute Gasteiger partial charge is 0.444 e. The second-order valence-corrected chi connectivity index (χ2v) is 9.91. The lowest BCUT2D eigenvalue weighted by Crippen LogP contribution is -2.36. The van der Waals surface area contributed by atoms with Crippen molar-refractivity contribution < 1.29 is 27.4 Å². The molecule has 3 aromatic rings. The van der Waals surface area contributed by atoms with E-state index >= 15 is 0 Å². The molecule has 1 aliphatic rings. The van der Waals surface area contributed by atoms with Crippen LogP contribution >= 0.6 is 11.6 Å². The lowest BCUT2D eigenvalue weighted by molar-refractivity contribution is -0.137. The Labute approximate surface area is 211 Å². The van der Waals surface area contributed by atoms with Crippen molar-refractivity contribution in [3.8, 4) is 11.3 Å². The molecule has 0 N–H and O–H groups in total. The number of nitrogens with zero attached hydrogens (tertiary/aromatic N) is 5. The number of halogens is 4. The molecule has 0 saturated carbocycles. The molecule has 3 heterocycles. The molecule has 12 heteroatoms. The van der Waals surface area contributed by atoms with Crippen LogP contribution in [0.25, 0.3) is 11.3 Å². The second kappa shape index (κ2) is 10.1. The number of hydrogen-bond acceptors (Lipinski definition) is 6. The van der Waals surface area contributed by atoms with Crippen LogP contribution < -0.4 is 0 Å². The topological polar surface area (TPSA) is 82.4 Å². The normalized spacial score (nSPS) is 18.5. The zero-order valence-corrected chi connectivity index (χ0v) is 20.6. The zero-order chi connectivity index (χ0) is 26.1. The molecule has 36 heavy (non-hydrogen) atoms. The third-order valence-electron chi connectivity index (χ3n) is 5.44. The molecule has 1 amide bonds. The summed E-state index contributed by atoms with van der Waals surface area (Å²) in [6.45, 7) is 5.54. The third kappa shape index (κ3) is 6.33. The summed E-state index contributed by atoms with van der Waals surface area (Å²) < 4.78 is 52.7. The highest BCUT2D eigenvalue weighted by Crippen LogP contribution is 2.33. The van der Waals surface area contributed by atoms with E-state index in [1.807, 2.05) is 6.07 Å². The highest BCUT2D eigenvalue weighted by molar-refractivity contribution is 6.30. The van der Waals surface area contributed by atoms with Crippen LogP contribution in [-0.4, -0.2) is 55.8 Å². The molecule has 1 aromatic carbocycles. The van der Waals surface area contributed by atoms with Crippen LogP contribution in [0.5, 0.6) is 0 Å². The molecule has 2 atom stereocenters. The van der Waals surface area contributed by atoms with Gasteiger partial charge in [0.1, 0.15) is 11.3 Å². The minimum Gasteiger partial charge on any atom is -0.444 e. The first-order valence-electron chi connectivity index (χ1n) is 11.2. The second-order valence-electron chi connectivity index (χ2n) is 9.47. The first-order valence-corrected chi connectivity index (χ1v) is 11.6. The molecule has 4 rings (SSSR count). The Hall–Kier alpha value is -3.18. The van der Waals surface area contributed by atoms with E-state index in [9.17, 15) is 18.0 Å². The smallest absolute Gasteiger partial charge is 0.416 e. The van der Waals surface area contributed by atoms with Crippen LogP contribution in [0.4, 0.5) is 18.0 Å². The molecule has 0 bridgehead atoms. The van der Waals surface area contributed by atoms with E-state index in [1.54, 1.807) is 50.1 Å². The molecule has 192 valence electrons. The monoisotopic (exact) mass is 523 g/mol. The summed E-state index contributed by atoms with van der Waals surface area (Å²) in [5.74, 6) is 0. The van der Waals surface area contributed by atoms with Crippen molar-refractivity contribution >= 4 is 17.7 Å². The van der Waals surface area contributed by atoms with Crippen LogP contribution in [-0.2, 0) is 22.3 Å². The van der Waals surface area contributed by atoms with Gasteiger partial charge < -0.3 is 14.4 Å². The van der Waals surface area contributed by atoms with Crippen LogP contribution in [0.1, 0.15) is 37.9 Å². The molecule has 0 aliphatic carbocycles. The van der Waals surface area contributed by atoms with Gasteiger partial charge in [-0.3, -0.25) is 4.98 Å². The van der Waals surface area contributed by atoms with Gasteiger partial charge in [0.15, 0.2) is 0 Å². The van der Waals surface area contributed by atoms with Crippen molar-refractivity contribution in [1.82, 2.24) is 24.9 Å². The van der Waals surface area contributed by atoms with Gasteiger partial charge in [0.05, 0.1) is 37.1 Å². The van der Waals surface area contributed by atoms with Crippen molar-refractivity contribution in [3.63, 3.8) is 0 Å². The predicted molar refractivity (Wildman–Crippen MR) is 125 cm³/mol. The van der Waals surface area contributed by atoms with E-state index in [-0.39, 0.29) is 30.3 Å². The number of likely N-dealkylation sites (tertiary alicyclic amines) is 1. The number of alkyl halides is 3. The van der Waals surface area contributed by atoms with Gasteiger partial charge in [-0.25, -0.2) is 9.48 Å². The maximum Gasteiger partial charge on any atom is 0.416 e. The fourth-order valence-electron chi connectivity index (χ4n) is 3.84. The Morgan fingerprint density at radius 1 is 1.19 bits per heavy atom. The molecule has 1 aliphatic heterocycles. The van der Waals surface area contributed by atoms with Crippen molar-refractivity contribution in [1.29, 1.82) is 0 Å². The maximum absolute atomic E-state index is 13.2. The average Bonchev–Trinajstić information content (AvgIpc) is 3.44. The summed E-state index contributed by atoms with van der Waals surface area (Å²) >= 11 is 5.91. The third-order valence-corrected chi connectivity index (χ3v) is 5.66. The number of carbonyl (C=O) groups is 1. The average molecular weight is 524 g/mol. The molecule has 0 radical (unpaired) electrons. The maximum atomic E-state index is 13.2. The standard InChI is InChI=1S/C24H25ClF3N5O3/c1-23(2,3)36-22(34)32-12-20(33-11-19(30-31-33)16-5-4-6-29-10-16)21(13-32)35-14-15-7-17(24(26,27)28)9-18(25)8-15/h4-11,20-21H,12-14H2,1-3H3/t20-,21-/m1/s1. The first kappa shape index (κ1) is 25.9. The van der Waals surface area contributed by atoms with Crippen molar-refractivity contribution in [3.05, 3.63) is 65.1 Å². The SMILES string of the molecule is CC(C)(C)OC(=O)N1C[C@@H](n2cc(-c3cccnc3)nn2)[C@H](OCc2cc(Cl)cc(C(F)(F)F)c2)C1. The van der Waals surface area contributed by atoms with E-state index in [0.717, 1.165) is 17.7 Å². The number of ether oxygens (including phenoxy) is 2. The molecular weight excluding hydrogens is 499 g/mol.